The van der Waals surface area contributed by atoms with Crippen LogP contribution in [0.5, 0.6) is 0 Å². The Labute approximate surface area is 104 Å². The third kappa shape index (κ3) is 2.69. The number of aromatic nitrogens is 4. The maximum atomic E-state index is 11.6. The van der Waals surface area contributed by atoms with Crippen molar-refractivity contribution in [2.45, 2.75) is 19.4 Å². The molecule has 1 unspecified atom stereocenters. The Kier molecular flexibility index (Phi) is 3.63. The number of carbonyl (C=O) groups is 1. The molecule has 0 aliphatic heterocycles. The summed E-state index contributed by atoms with van der Waals surface area (Å²) in [6.07, 6.45) is 2.11. The Bertz CT molecular complexity index is 507. The third-order valence-corrected chi connectivity index (χ3v) is 2.52. The minimum atomic E-state index is -0.482. The van der Waals surface area contributed by atoms with Crippen LogP contribution >= 0.6 is 0 Å². The van der Waals surface area contributed by atoms with Gasteiger partial charge in [0.2, 0.25) is 5.91 Å². The number of tetrazole rings is 1. The van der Waals surface area contributed by atoms with Crippen molar-refractivity contribution >= 4 is 11.6 Å². The van der Waals surface area contributed by atoms with E-state index in [0.29, 0.717) is 12.1 Å². The Morgan fingerprint density at radius 2 is 2.17 bits per heavy atom. The van der Waals surface area contributed by atoms with Gasteiger partial charge in [-0.2, -0.15) is 0 Å². The molecular formula is C11H14N6O. The standard InChI is InChI=1S/C11H14N6O/c1-2-10(12)11(18)14-8-3-5-9(6-4-8)17-7-13-15-16-17/h3-7,10H,2,12H2,1H3,(H,14,18). The third-order valence-electron chi connectivity index (χ3n) is 2.52. The first-order chi connectivity index (χ1) is 8.70. The second-order valence-electron chi connectivity index (χ2n) is 3.81. The lowest BCUT2D eigenvalue weighted by Gasteiger charge is -2.10. The van der Waals surface area contributed by atoms with Crippen LogP contribution in [0, 0.1) is 0 Å². The van der Waals surface area contributed by atoms with Crippen LogP contribution < -0.4 is 11.1 Å². The van der Waals surface area contributed by atoms with Gasteiger partial charge in [0.25, 0.3) is 0 Å². The number of rotatable bonds is 4. The number of nitrogens with two attached hydrogens (primary N) is 1. The number of nitrogens with zero attached hydrogens (tertiary/aromatic N) is 4. The average molecular weight is 246 g/mol. The van der Waals surface area contributed by atoms with Crippen LogP contribution in [0.25, 0.3) is 5.69 Å². The first-order valence-corrected chi connectivity index (χ1v) is 5.60. The number of hydrogen-bond donors (Lipinski definition) is 2. The van der Waals surface area contributed by atoms with Gasteiger partial charge < -0.3 is 11.1 Å². The lowest BCUT2D eigenvalue weighted by molar-refractivity contribution is -0.117. The molecule has 18 heavy (non-hydrogen) atoms. The number of anilines is 1. The highest BCUT2D eigenvalue weighted by molar-refractivity contribution is 5.94. The zero-order valence-electron chi connectivity index (χ0n) is 9.95. The van der Waals surface area contributed by atoms with Crippen LogP contribution in [-0.4, -0.2) is 32.2 Å². The molecule has 1 aromatic heterocycles. The zero-order valence-corrected chi connectivity index (χ0v) is 9.95. The summed E-state index contributed by atoms with van der Waals surface area (Å²) in [6.45, 7) is 1.87. The van der Waals surface area contributed by atoms with Crippen LogP contribution in [0.1, 0.15) is 13.3 Å². The highest BCUT2D eigenvalue weighted by Crippen LogP contribution is 2.12. The van der Waals surface area contributed by atoms with Gasteiger partial charge in [-0.3, -0.25) is 4.79 Å². The van der Waals surface area contributed by atoms with E-state index in [1.54, 1.807) is 12.1 Å². The van der Waals surface area contributed by atoms with Crippen molar-refractivity contribution < 1.29 is 4.79 Å². The van der Waals surface area contributed by atoms with Crippen molar-refractivity contribution in [2.24, 2.45) is 5.73 Å². The molecule has 0 radical (unpaired) electrons. The lowest BCUT2D eigenvalue weighted by Crippen LogP contribution is -2.34. The molecule has 1 amide bonds. The Balaban J connectivity index is 2.06. The van der Waals surface area contributed by atoms with Gasteiger partial charge in [-0.25, -0.2) is 4.68 Å². The highest BCUT2D eigenvalue weighted by atomic mass is 16.2. The monoisotopic (exact) mass is 246 g/mol. The van der Waals surface area contributed by atoms with Crippen LogP contribution in [0.4, 0.5) is 5.69 Å². The van der Waals surface area contributed by atoms with E-state index < -0.39 is 6.04 Å². The molecule has 0 saturated carbocycles. The van der Waals surface area contributed by atoms with E-state index >= 15 is 0 Å². The van der Waals surface area contributed by atoms with E-state index in [0.717, 1.165) is 5.69 Å². The van der Waals surface area contributed by atoms with E-state index in [9.17, 15) is 4.79 Å². The fourth-order valence-electron chi connectivity index (χ4n) is 1.40. The average Bonchev–Trinajstić information content (AvgIpc) is 2.92. The van der Waals surface area contributed by atoms with Gasteiger partial charge in [-0.15, -0.1) is 5.10 Å². The normalized spacial score (nSPS) is 12.1. The molecule has 0 spiro atoms. The second-order valence-corrected chi connectivity index (χ2v) is 3.81. The molecule has 0 aliphatic carbocycles. The summed E-state index contributed by atoms with van der Waals surface area (Å²) in [5, 5.41) is 13.6. The van der Waals surface area contributed by atoms with Gasteiger partial charge in [-0.05, 0) is 41.1 Å². The molecule has 7 heteroatoms. The largest absolute Gasteiger partial charge is 0.325 e. The SMILES string of the molecule is CCC(N)C(=O)Nc1ccc(-n2cnnn2)cc1. The van der Waals surface area contributed by atoms with Crippen LogP contribution in [0.2, 0.25) is 0 Å². The van der Waals surface area contributed by atoms with Gasteiger partial charge >= 0.3 is 0 Å². The number of carbonyl (C=O) groups excluding carboxylic acids is 1. The van der Waals surface area contributed by atoms with Crippen molar-refractivity contribution in [3.63, 3.8) is 0 Å². The summed E-state index contributed by atoms with van der Waals surface area (Å²) in [6, 6.07) is 6.69. The molecular weight excluding hydrogens is 232 g/mol. The summed E-state index contributed by atoms with van der Waals surface area (Å²) in [4.78, 5) is 11.6. The molecule has 7 nitrogen and oxygen atoms in total. The van der Waals surface area contributed by atoms with E-state index in [-0.39, 0.29) is 5.91 Å². The zero-order chi connectivity index (χ0) is 13.0. The van der Waals surface area contributed by atoms with Gasteiger partial charge in [0.15, 0.2) is 0 Å². The molecule has 0 fully saturated rings. The van der Waals surface area contributed by atoms with Crippen molar-refractivity contribution in [3.05, 3.63) is 30.6 Å². The maximum Gasteiger partial charge on any atom is 0.241 e. The first-order valence-electron chi connectivity index (χ1n) is 5.60. The van der Waals surface area contributed by atoms with E-state index in [1.165, 1.54) is 11.0 Å². The van der Waals surface area contributed by atoms with Crippen molar-refractivity contribution in [2.75, 3.05) is 5.32 Å². The van der Waals surface area contributed by atoms with Crippen LogP contribution in [0.15, 0.2) is 30.6 Å². The summed E-state index contributed by atoms with van der Waals surface area (Å²) in [5.41, 5.74) is 7.14. The van der Waals surface area contributed by atoms with Crippen LogP contribution in [-0.2, 0) is 4.79 Å². The molecule has 94 valence electrons. The molecule has 0 aliphatic rings. The maximum absolute atomic E-state index is 11.6. The molecule has 3 N–H and O–H groups in total. The fraction of sp³-hybridized carbons (Fsp3) is 0.273. The number of hydrogen-bond acceptors (Lipinski definition) is 5. The van der Waals surface area contributed by atoms with Gasteiger partial charge in [0, 0.05) is 5.69 Å². The van der Waals surface area contributed by atoms with E-state index in [4.69, 9.17) is 5.73 Å². The highest BCUT2D eigenvalue weighted by Gasteiger charge is 2.10. The van der Waals surface area contributed by atoms with E-state index in [1.807, 2.05) is 19.1 Å². The molecule has 1 aromatic carbocycles. The Morgan fingerprint density at radius 3 is 2.72 bits per heavy atom. The molecule has 1 atom stereocenters. The van der Waals surface area contributed by atoms with Gasteiger partial charge in [0.05, 0.1) is 11.7 Å². The molecule has 0 saturated heterocycles. The Hall–Kier alpha value is -2.28. The van der Waals surface area contributed by atoms with Gasteiger partial charge in [-0.1, -0.05) is 6.92 Å². The number of benzene rings is 1. The van der Waals surface area contributed by atoms with Crippen molar-refractivity contribution in [1.82, 2.24) is 20.2 Å². The van der Waals surface area contributed by atoms with Crippen molar-refractivity contribution in [1.29, 1.82) is 0 Å². The smallest absolute Gasteiger partial charge is 0.241 e. The number of nitrogens with one attached hydrogen (secondary N) is 1. The fourth-order valence-corrected chi connectivity index (χ4v) is 1.40. The van der Waals surface area contributed by atoms with Crippen molar-refractivity contribution in [3.8, 4) is 5.69 Å². The summed E-state index contributed by atoms with van der Waals surface area (Å²) < 4.78 is 1.53. The Morgan fingerprint density at radius 1 is 1.44 bits per heavy atom. The summed E-state index contributed by atoms with van der Waals surface area (Å²) in [5.74, 6) is -0.187. The summed E-state index contributed by atoms with van der Waals surface area (Å²) >= 11 is 0. The molecule has 2 aromatic rings. The quantitative estimate of drug-likeness (QED) is 0.810. The summed E-state index contributed by atoms with van der Waals surface area (Å²) in [7, 11) is 0. The predicted octanol–water partition coefficient (Wildman–Crippen LogP) is 0.338. The topological polar surface area (TPSA) is 98.7 Å². The molecule has 0 bridgehead atoms. The minimum Gasteiger partial charge on any atom is -0.325 e. The first kappa shape index (κ1) is 12.2. The minimum absolute atomic E-state index is 0.187. The lowest BCUT2D eigenvalue weighted by atomic mass is 10.2. The predicted molar refractivity (Wildman–Crippen MR) is 66.1 cm³/mol. The molecule has 2 rings (SSSR count). The number of amides is 1. The van der Waals surface area contributed by atoms with Crippen LogP contribution in [0.3, 0.4) is 0 Å². The molecule has 1 heterocycles. The van der Waals surface area contributed by atoms with Gasteiger partial charge in [0.1, 0.15) is 6.33 Å². The second kappa shape index (κ2) is 5.37. The van der Waals surface area contributed by atoms with E-state index in [2.05, 4.69) is 20.8 Å².